The number of hydrogen-bond donors (Lipinski definition) is 1. The van der Waals surface area contributed by atoms with E-state index in [4.69, 9.17) is 0 Å². The monoisotopic (exact) mass is 178 g/mol. The first-order valence-corrected chi connectivity index (χ1v) is 5.02. The molecule has 1 heteroatoms. The second kappa shape index (κ2) is 2.29. The number of hydrogen-bond acceptors (Lipinski definition) is 1. The van der Waals surface area contributed by atoms with Gasteiger partial charge in [-0.25, -0.2) is 0 Å². The smallest absolute Gasteiger partial charge is 0.0935 e. The summed E-state index contributed by atoms with van der Waals surface area (Å²) in [6.45, 7) is 10.1. The highest BCUT2D eigenvalue weighted by Crippen LogP contribution is 2.63. The van der Waals surface area contributed by atoms with Crippen LogP contribution < -0.4 is 0 Å². The zero-order chi connectivity index (χ0) is 9.85. The molecule has 3 aliphatic rings. The van der Waals surface area contributed by atoms with E-state index in [1.807, 2.05) is 6.92 Å². The molecule has 1 N–H and O–H groups in total. The molecule has 2 bridgehead atoms. The molecule has 3 fully saturated rings. The van der Waals surface area contributed by atoms with Crippen molar-refractivity contribution in [3.8, 4) is 0 Å². The van der Waals surface area contributed by atoms with E-state index >= 15 is 0 Å². The average Bonchev–Trinajstić information content (AvgIpc) is 2.01. The highest BCUT2D eigenvalue weighted by Gasteiger charge is 2.60. The molecular weight excluding hydrogens is 160 g/mol. The minimum atomic E-state index is -0.653. The fraction of sp³-hybridized carbons (Fsp3) is 0.750. The van der Waals surface area contributed by atoms with E-state index in [1.54, 1.807) is 0 Å². The molecule has 0 aromatic heterocycles. The van der Waals surface area contributed by atoms with Crippen LogP contribution in [0.2, 0.25) is 0 Å². The first kappa shape index (κ1) is 9.05. The lowest BCUT2D eigenvalue weighted by Crippen LogP contribution is -2.61. The molecule has 1 nitrogen and oxygen atoms in total. The van der Waals surface area contributed by atoms with Crippen molar-refractivity contribution in [2.24, 2.45) is 17.3 Å². The van der Waals surface area contributed by atoms with E-state index in [2.05, 4.69) is 26.2 Å². The van der Waals surface area contributed by atoms with Crippen LogP contribution in [0.1, 0.15) is 33.6 Å². The Balaban J connectivity index is 2.39. The summed E-state index contributed by atoms with van der Waals surface area (Å²) in [5.41, 5.74) is 3.59. The van der Waals surface area contributed by atoms with Crippen LogP contribution in [0.4, 0.5) is 0 Å². The van der Waals surface area contributed by atoms with Crippen LogP contribution in [0, 0.1) is 17.3 Å². The van der Waals surface area contributed by atoms with Crippen LogP contribution in [0.25, 0.3) is 0 Å². The second-order valence-electron chi connectivity index (χ2n) is 5.31. The molecule has 3 aliphatic carbocycles. The summed E-state index contributed by atoms with van der Waals surface area (Å²) in [6, 6.07) is 0. The Hall–Kier alpha value is -0.520. The predicted molar refractivity (Wildman–Crippen MR) is 53.3 cm³/mol. The normalized spacial score (nSPS) is 46.6. The highest BCUT2D eigenvalue weighted by atomic mass is 16.3. The Morgan fingerprint density at radius 2 is 2.08 bits per heavy atom. The zero-order valence-corrected chi connectivity index (χ0v) is 8.72. The van der Waals surface area contributed by atoms with Crippen LogP contribution in [-0.4, -0.2) is 10.7 Å². The third kappa shape index (κ3) is 0.920. The Labute approximate surface area is 80.2 Å². The molecule has 0 aromatic carbocycles. The van der Waals surface area contributed by atoms with Crippen LogP contribution in [0.15, 0.2) is 17.9 Å². The van der Waals surface area contributed by atoms with Gasteiger partial charge in [0.05, 0.1) is 5.60 Å². The number of aliphatic hydroxyl groups is 1. The number of rotatable bonds is 0. The van der Waals surface area contributed by atoms with Crippen molar-refractivity contribution >= 4 is 0 Å². The maximum atomic E-state index is 10.3. The summed E-state index contributed by atoms with van der Waals surface area (Å²) in [5.74, 6) is 1.14. The van der Waals surface area contributed by atoms with Gasteiger partial charge in [0.15, 0.2) is 0 Å². The second-order valence-corrected chi connectivity index (χ2v) is 5.31. The summed E-state index contributed by atoms with van der Waals surface area (Å²) in [6.07, 6.45) is 2.16. The Bertz CT molecular complexity index is 292. The molecule has 72 valence electrons. The van der Waals surface area contributed by atoms with Crippen molar-refractivity contribution in [2.45, 2.75) is 39.2 Å². The van der Waals surface area contributed by atoms with Gasteiger partial charge in [0, 0.05) is 5.57 Å². The summed E-state index contributed by atoms with van der Waals surface area (Å²) >= 11 is 0. The van der Waals surface area contributed by atoms with E-state index in [9.17, 15) is 5.11 Å². The Kier molecular flexibility index (Phi) is 1.59. The van der Waals surface area contributed by atoms with E-state index in [1.165, 1.54) is 6.42 Å². The van der Waals surface area contributed by atoms with E-state index in [-0.39, 0.29) is 0 Å². The molecule has 3 rings (SSSR count). The molecule has 3 saturated carbocycles. The summed E-state index contributed by atoms with van der Waals surface area (Å²) in [7, 11) is 0. The van der Waals surface area contributed by atoms with Crippen molar-refractivity contribution < 1.29 is 5.11 Å². The van der Waals surface area contributed by atoms with Gasteiger partial charge in [-0.1, -0.05) is 20.4 Å². The SMILES string of the molecule is C=C=C1C[C@@H]2C[C@@H](C2(C)C)[C@]1(C)O. The number of fused-ring (bicyclic) bond motifs is 2. The van der Waals surface area contributed by atoms with Gasteiger partial charge in [0.2, 0.25) is 0 Å². The van der Waals surface area contributed by atoms with Gasteiger partial charge in [-0.2, -0.15) is 0 Å². The lowest BCUT2D eigenvalue weighted by atomic mass is 9.43. The Morgan fingerprint density at radius 1 is 1.46 bits per heavy atom. The van der Waals surface area contributed by atoms with Gasteiger partial charge >= 0.3 is 0 Å². The topological polar surface area (TPSA) is 20.2 Å². The first-order chi connectivity index (χ1) is 5.90. The van der Waals surface area contributed by atoms with Crippen LogP contribution >= 0.6 is 0 Å². The molecule has 0 spiro atoms. The van der Waals surface area contributed by atoms with Gasteiger partial charge in [0.25, 0.3) is 0 Å². The lowest BCUT2D eigenvalue weighted by molar-refractivity contribution is -0.160. The molecule has 3 atom stereocenters. The van der Waals surface area contributed by atoms with E-state index < -0.39 is 5.60 Å². The third-order valence-corrected chi connectivity index (χ3v) is 4.42. The van der Waals surface area contributed by atoms with Crippen LogP contribution in [0.5, 0.6) is 0 Å². The quantitative estimate of drug-likeness (QED) is 0.565. The molecule has 0 heterocycles. The maximum absolute atomic E-state index is 10.3. The van der Waals surface area contributed by atoms with Gasteiger partial charge < -0.3 is 5.11 Å². The minimum absolute atomic E-state index is 0.309. The fourth-order valence-electron chi connectivity index (χ4n) is 3.23. The Morgan fingerprint density at radius 3 is 2.46 bits per heavy atom. The minimum Gasteiger partial charge on any atom is -0.385 e. The zero-order valence-electron chi connectivity index (χ0n) is 8.72. The van der Waals surface area contributed by atoms with Gasteiger partial charge in [-0.15, -0.1) is 5.73 Å². The molecule has 0 amide bonds. The van der Waals surface area contributed by atoms with Gasteiger partial charge in [-0.3, -0.25) is 0 Å². The molecule has 13 heavy (non-hydrogen) atoms. The van der Waals surface area contributed by atoms with Gasteiger partial charge in [-0.05, 0) is 37.0 Å². The molecule has 0 saturated heterocycles. The molecule has 0 unspecified atom stereocenters. The molecule has 0 aliphatic heterocycles. The van der Waals surface area contributed by atoms with E-state index in [0.717, 1.165) is 17.9 Å². The third-order valence-electron chi connectivity index (χ3n) is 4.42. The van der Waals surface area contributed by atoms with Crippen LogP contribution in [0.3, 0.4) is 0 Å². The van der Waals surface area contributed by atoms with Crippen molar-refractivity contribution in [1.82, 2.24) is 0 Å². The van der Waals surface area contributed by atoms with Crippen molar-refractivity contribution in [3.63, 3.8) is 0 Å². The summed E-state index contributed by atoms with van der Waals surface area (Å²) in [5, 5.41) is 10.3. The standard InChI is InChI=1S/C12H18O/c1-5-8-6-9-7-10(11(9,2)3)12(8,4)13/h9-10,13H,1,6-7H2,2-4H3/t9-,10+,12-/m1/s1. The largest absolute Gasteiger partial charge is 0.385 e. The van der Waals surface area contributed by atoms with E-state index in [0.29, 0.717) is 11.3 Å². The average molecular weight is 178 g/mol. The summed E-state index contributed by atoms with van der Waals surface area (Å²) in [4.78, 5) is 0. The van der Waals surface area contributed by atoms with Crippen molar-refractivity contribution in [1.29, 1.82) is 0 Å². The molecule has 0 radical (unpaired) electrons. The first-order valence-electron chi connectivity index (χ1n) is 5.02. The lowest BCUT2D eigenvalue weighted by Gasteiger charge is -2.63. The van der Waals surface area contributed by atoms with Gasteiger partial charge in [0.1, 0.15) is 0 Å². The maximum Gasteiger partial charge on any atom is 0.0935 e. The summed E-state index contributed by atoms with van der Waals surface area (Å²) < 4.78 is 0. The predicted octanol–water partition coefficient (Wildman–Crippen LogP) is 2.51. The fourth-order valence-corrected chi connectivity index (χ4v) is 3.23. The van der Waals surface area contributed by atoms with Crippen LogP contribution in [-0.2, 0) is 0 Å². The highest BCUT2D eigenvalue weighted by molar-refractivity contribution is 5.27. The van der Waals surface area contributed by atoms with Crippen molar-refractivity contribution in [3.05, 3.63) is 17.9 Å². The van der Waals surface area contributed by atoms with Crippen molar-refractivity contribution in [2.75, 3.05) is 0 Å². The molecule has 0 aromatic rings. The molecular formula is C12H18O.